The molecule has 0 saturated carbocycles. The number of halogens is 3. The van der Waals surface area contributed by atoms with Crippen molar-refractivity contribution in [1.82, 2.24) is 4.98 Å². The lowest BCUT2D eigenvalue weighted by Gasteiger charge is -2.18. The zero-order valence-electron chi connectivity index (χ0n) is 13.6. The van der Waals surface area contributed by atoms with Gasteiger partial charge in [0.15, 0.2) is 0 Å². The Hall–Kier alpha value is -1.16. The number of nitrogens with zero attached hydrogens (tertiary/aromatic N) is 1. The summed E-state index contributed by atoms with van der Waals surface area (Å²) in [6.45, 7) is 0.545. The van der Waals surface area contributed by atoms with Gasteiger partial charge in [-0.05, 0) is 29.3 Å². The van der Waals surface area contributed by atoms with Gasteiger partial charge in [0.05, 0.1) is 16.8 Å². The van der Waals surface area contributed by atoms with Crippen molar-refractivity contribution in [2.45, 2.75) is 16.8 Å². The average Bonchev–Trinajstić information content (AvgIpc) is 2.90. The van der Waals surface area contributed by atoms with E-state index >= 15 is 0 Å². The summed E-state index contributed by atoms with van der Waals surface area (Å²) in [6, 6.07) is 2.52. The van der Waals surface area contributed by atoms with Gasteiger partial charge in [0.2, 0.25) is 0 Å². The molecule has 1 fully saturated rings. The Morgan fingerprint density at radius 2 is 2.24 bits per heavy atom. The molecule has 0 amide bonds. The summed E-state index contributed by atoms with van der Waals surface area (Å²) < 4.78 is 45.4. The van der Waals surface area contributed by atoms with Crippen LogP contribution in [0.15, 0.2) is 35.6 Å². The molecule has 1 saturated heterocycles. The molecule has 0 aliphatic carbocycles. The van der Waals surface area contributed by atoms with Gasteiger partial charge in [0.25, 0.3) is 0 Å². The lowest BCUT2D eigenvalue weighted by molar-refractivity contribution is -0.0890. The van der Waals surface area contributed by atoms with Gasteiger partial charge >= 0.3 is 6.18 Å². The highest BCUT2D eigenvalue weighted by Gasteiger charge is 2.40. The second-order valence-electron chi connectivity index (χ2n) is 5.36. The fourth-order valence-electron chi connectivity index (χ4n) is 2.27. The van der Waals surface area contributed by atoms with E-state index in [0.29, 0.717) is 23.7 Å². The predicted molar refractivity (Wildman–Crippen MR) is 99.3 cm³/mol. The molecule has 0 spiro atoms. The Morgan fingerprint density at radius 3 is 2.84 bits per heavy atom. The van der Waals surface area contributed by atoms with Gasteiger partial charge in [-0.3, -0.25) is 0 Å². The molecule has 25 heavy (non-hydrogen) atoms. The molecule has 2 unspecified atom stereocenters. The Labute approximate surface area is 153 Å². The summed E-state index contributed by atoms with van der Waals surface area (Å²) >= 11 is 2.97. The molecule has 2 heterocycles. The van der Waals surface area contributed by atoms with Crippen LogP contribution in [0, 0.1) is 0 Å². The molecule has 138 valence electrons. The van der Waals surface area contributed by atoms with E-state index in [9.17, 15) is 13.2 Å². The number of pyridine rings is 1. The summed E-state index contributed by atoms with van der Waals surface area (Å²) in [5.41, 5.74) is 11.7. The highest BCUT2D eigenvalue weighted by atomic mass is 32.2. The average molecular weight is 391 g/mol. The molecule has 1 aromatic rings. The topological polar surface area (TPSA) is 74.2 Å². The van der Waals surface area contributed by atoms with Gasteiger partial charge in [0, 0.05) is 30.9 Å². The molecule has 0 radical (unpaired) electrons. The van der Waals surface area contributed by atoms with Crippen molar-refractivity contribution in [2.24, 2.45) is 5.73 Å². The maximum Gasteiger partial charge on any atom is 0.416 e. The van der Waals surface area contributed by atoms with Gasteiger partial charge in [-0.1, -0.05) is 6.08 Å². The van der Waals surface area contributed by atoms with E-state index in [0.717, 1.165) is 6.08 Å². The zero-order valence-corrected chi connectivity index (χ0v) is 15.3. The van der Waals surface area contributed by atoms with Crippen molar-refractivity contribution in [2.75, 3.05) is 31.0 Å². The van der Waals surface area contributed by atoms with Crippen LogP contribution in [0.3, 0.4) is 0 Å². The van der Waals surface area contributed by atoms with Crippen molar-refractivity contribution in [1.29, 1.82) is 0 Å². The van der Waals surface area contributed by atoms with Crippen molar-refractivity contribution in [3.8, 4) is 0 Å². The quantitative estimate of drug-likeness (QED) is 0.725. The summed E-state index contributed by atoms with van der Waals surface area (Å²) in [6.07, 6.45) is -0.579. The maximum absolute atomic E-state index is 13.5. The minimum Gasteiger partial charge on any atom is -0.384 e. The lowest BCUT2D eigenvalue weighted by atomic mass is 10.0. The molecule has 9 heteroatoms. The number of aromatic nitrogens is 1. The van der Waals surface area contributed by atoms with Crippen LogP contribution in [0.1, 0.15) is 5.56 Å². The van der Waals surface area contributed by atoms with E-state index in [1.54, 1.807) is 19.2 Å². The minimum absolute atomic E-state index is 0.103. The number of thioether (sulfide) groups is 2. The van der Waals surface area contributed by atoms with Crippen molar-refractivity contribution in [3.63, 3.8) is 0 Å². The second kappa shape index (κ2) is 8.98. The van der Waals surface area contributed by atoms with Crippen molar-refractivity contribution in [3.05, 3.63) is 41.1 Å². The summed E-state index contributed by atoms with van der Waals surface area (Å²) in [5, 5.41) is 0. The highest BCUT2D eigenvalue weighted by molar-refractivity contribution is 8.17. The highest BCUT2D eigenvalue weighted by Crippen LogP contribution is 2.42. The van der Waals surface area contributed by atoms with E-state index in [-0.39, 0.29) is 15.9 Å². The van der Waals surface area contributed by atoms with Crippen LogP contribution in [-0.4, -0.2) is 47.0 Å². The SMILES string of the molecule is COCCSC1SC/C(=C(\C=Cc2ccc(N)nc2)C(F)(F)F)C1N. The van der Waals surface area contributed by atoms with Gasteiger partial charge in [-0.25, -0.2) is 4.98 Å². The number of hydrogen-bond acceptors (Lipinski definition) is 6. The Kier molecular flexibility index (Phi) is 7.24. The molecule has 4 nitrogen and oxygen atoms in total. The minimum atomic E-state index is -4.46. The number of ether oxygens (including phenoxy) is 1. The molecule has 0 bridgehead atoms. The number of allylic oxidation sites excluding steroid dienone is 2. The predicted octanol–water partition coefficient (Wildman–Crippen LogP) is 3.32. The monoisotopic (exact) mass is 391 g/mol. The third kappa shape index (κ3) is 5.67. The first-order valence-electron chi connectivity index (χ1n) is 7.50. The molecule has 1 aliphatic rings. The Balaban J connectivity index is 2.21. The van der Waals surface area contributed by atoms with Crippen LogP contribution in [0.4, 0.5) is 19.0 Å². The second-order valence-corrected chi connectivity index (χ2v) is 8.03. The lowest BCUT2D eigenvalue weighted by Crippen LogP contribution is -2.30. The third-order valence-electron chi connectivity index (χ3n) is 3.57. The van der Waals surface area contributed by atoms with E-state index < -0.39 is 17.8 Å². The van der Waals surface area contributed by atoms with Crippen LogP contribution in [-0.2, 0) is 4.74 Å². The molecular weight excluding hydrogens is 371 g/mol. The van der Waals surface area contributed by atoms with Crippen molar-refractivity contribution < 1.29 is 17.9 Å². The van der Waals surface area contributed by atoms with Crippen LogP contribution in [0.2, 0.25) is 0 Å². The number of alkyl halides is 3. The fraction of sp³-hybridized carbons (Fsp3) is 0.438. The first-order valence-corrected chi connectivity index (χ1v) is 9.60. The molecular formula is C16H20F3N3OS2. The van der Waals surface area contributed by atoms with E-state index in [1.165, 1.54) is 35.8 Å². The summed E-state index contributed by atoms with van der Waals surface area (Å²) in [7, 11) is 1.59. The van der Waals surface area contributed by atoms with Crippen LogP contribution >= 0.6 is 23.5 Å². The van der Waals surface area contributed by atoms with E-state index in [2.05, 4.69) is 4.98 Å². The molecule has 2 atom stereocenters. The Morgan fingerprint density at radius 1 is 1.48 bits per heavy atom. The molecule has 4 N–H and O–H groups in total. The van der Waals surface area contributed by atoms with Gasteiger partial charge < -0.3 is 16.2 Å². The Bertz CT molecular complexity index is 633. The normalized spacial score (nSPS) is 23.4. The number of nitrogen functional groups attached to an aromatic ring is 1. The standard InChI is InChI=1S/C16H20F3N3OS2/c1-23-6-7-24-15-14(21)11(9-25-15)12(16(17,18)19)4-2-10-3-5-13(20)22-8-10/h2-5,8,14-15H,6-7,9,21H2,1H3,(H2,20,22)/b4-2?,12-11-. The number of hydrogen-bond donors (Lipinski definition) is 2. The van der Waals surface area contributed by atoms with E-state index in [4.69, 9.17) is 16.2 Å². The summed E-state index contributed by atoms with van der Waals surface area (Å²) in [5.74, 6) is 1.28. The molecule has 2 rings (SSSR count). The van der Waals surface area contributed by atoms with Crippen LogP contribution < -0.4 is 11.5 Å². The first kappa shape index (κ1) is 20.2. The van der Waals surface area contributed by atoms with Gasteiger partial charge in [-0.15, -0.1) is 23.5 Å². The van der Waals surface area contributed by atoms with Crippen molar-refractivity contribution >= 4 is 35.4 Å². The number of anilines is 1. The molecule has 1 aromatic heterocycles. The van der Waals surface area contributed by atoms with Gasteiger partial charge in [0.1, 0.15) is 5.82 Å². The van der Waals surface area contributed by atoms with Crippen LogP contribution in [0.25, 0.3) is 6.08 Å². The number of rotatable bonds is 6. The van der Waals surface area contributed by atoms with Gasteiger partial charge in [-0.2, -0.15) is 13.2 Å². The summed E-state index contributed by atoms with van der Waals surface area (Å²) in [4.78, 5) is 3.87. The third-order valence-corrected chi connectivity index (χ3v) is 6.51. The smallest absolute Gasteiger partial charge is 0.384 e. The van der Waals surface area contributed by atoms with E-state index in [1.807, 2.05) is 0 Å². The fourth-order valence-corrected chi connectivity index (χ4v) is 5.08. The largest absolute Gasteiger partial charge is 0.416 e. The number of nitrogens with two attached hydrogens (primary N) is 2. The molecule has 0 aromatic carbocycles. The maximum atomic E-state index is 13.5. The first-order chi connectivity index (χ1) is 11.8. The number of methoxy groups -OCH3 is 1. The molecule has 1 aliphatic heterocycles. The zero-order chi connectivity index (χ0) is 18.4. The van der Waals surface area contributed by atoms with Crippen LogP contribution in [0.5, 0.6) is 0 Å².